The van der Waals surface area contributed by atoms with E-state index in [1.54, 1.807) is 11.3 Å². The predicted octanol–water partition coefficient (Wildman–Crippen LogP) is 3.77. The normalized spacial score (nSPS) is 10.9. The van der Waals surface area contributed by atoms with E-state index >= 15 is 0 Å². The summed E-state index contributed by atoms with van der Waals surface area (Å²) in [5.74, 6) is 0.491. The van der Waals surface area contributed by atoms with Crippen molar-refractivity contribution < 1.29 is 4.74 Å². The molecule has 0 amide bonds. The van der Waals surface area contributed by atoms with Crippen molar-refractivity contribution in [2.45, 2.75) is 26.5 Å². The molecule has 0 bridgehead atoms. The first kappa shape index (κ1) is 15.5. The van der Waals surface area contributed by atoms with E-state index in [9.17, 15) is 0 Å². The second-order valence-corrected chi connectivity index (χ2v) is 6.69. The molecule has 2 rings (SSSR count). The number of ether oxygens (including phenoxy) is 1. The van der Waals surface area contributed by atoms with Gasteiger partial charge in [-0.15, -0.1) is 11.3 Å². The fourth-order valence-electron chi connectivity index (χ4n) is 1.50. The van der Waals surface area contributed by atoms with Crippen LogP contribution in [-0.2, 0) is 6.54 Å². The van der Waals surface area contributed by atoms with Crippen LogP contribution in [-0.4, -0.2) is 28.1 Å². The first-order valence-corrected chi connectivity index (χ1v) is 8.01. The maximum Gasteiger partial charge on any atom is 0.322 e. The summed E-state index contributed by atoms with van der Waals surface area (Å²) in [6, 6.07) is 2.31. The Hall–Kier alpha value is -0.920. The molecule has 5 nitrogen and oxygen atoms in total. The average Bonchev–Trinajstić information content (AvgIpc) is 2.73. The van der Waals surface area contributed by atoms with Gasteiger partial charge < -0.3 is 9.64 Å². The van der Waals surface area contributed by atoms with Gasteiger partial charge in [-0.3, -0.25) is 0 Å². The van der Waals surface area contributed by atoms with Crippen LogP contribution < -0.4 is 9.64 Å². The molecule has 0 unspecified atom stereocenters. The Labute approximate surface area is 135 Å². The fraction of sp³-hybridized carbons (Fsp3) is 0.417. The molecule has 0 saturated carbocycles. The smallest absolute Gasteiger partial charge is 0.322 e. The molecule has 0 saturated heterocycles. The maximum absolute atomic E-state index is 5.91. The third-order valence-electron chi connectivity index (χ3n) is 2.27. The molecule has 0 aliphatic rings. The summed E-state index contributed by atoms with van der Waals surface area (Å²) in [7, 11) is 1.90. The van der Waals surface area contributed by atoms with Crippen LogP contribution in [0.25, 0.3) is 0 Å². The van der Waals surface area contributed by atoms with Crippen molar-refractivity contribution in [2.75, 3.05) is 11.9 Å². The third kappa shape index (κ3) is 4.29. The summed E-state index contributed by atoms with van der Waals surface area (Å²) in [5, 5.41) is 2.17. The summed E-state index contributed by atoms with van der Waals surface area (Å²) < 4.78 is 6.53. The molecule has 0 aliphatic carbocycles. The molecule has 0 aromatic carbocycles. The second kappa shape index (κ2) is 6.69. The quantitative estimate of drug-likeness (QED) is 0.794. The molecule has 8 heteroatoms. The van der Waals surface area contributed by atoms with E-state index in [0.29, 0.717) is 12.5 Å². The number of aromatic nitrogens is 3. The minimum Gasteiger partial charge on any atom is -0.461 e. The highest BCUT2D eigenvalue weighted by Gasteiger charge is 2.12. The van der Waals surface area contributed by atoms with Crippen LogP contribution in [0.2, 0.25) is 5.28 Å². The van der Waals surface area contributed by atoms with E-state index in [4.69, 9.17) is 16.3 Å². The molecule has 2 aromatic heterocycles. The molecule has 2 aromatic rings. The largest absolute Gasteiger partial charge is 0.461 e. The number of hydrogen-bond donors (Lipinski definition) is 0. The van der Waals surface area contributed by atoms with E-state index < -0.39 is 0 Å². The Morgan fingerprint density at radius 1 is 1.40 bits per heavy atom. The SMILES string of the molecule is CC(C)Oc1nc(Cl)nc(N(C)Cc2cc(Br)cs2)n1. The lowest BCUT2D eigenvalue weighted by atomic mass is 10.4. The Morgan fingerprint density at radius 3 is 2.75 bits per heavy atom. The molecule has 20 heavy (non-hydrogen) atoms. The first-order chi connectivity index (χ1) is 9.44. The zero-order chi connectivity index (χ0) is 14.7. The number of anilines is 1. The van der Waals surface area contributed by atoms with Gasteiger partial charge in [-0.1, -0.05) is 0 Å². The van der Waals surface area contributed by atoms with Crippen LogP contribution in [0.4, 0.5) is 5.95 Å². The highest BCUT2D eigenvalue weighted by Crippen LogP contribution is 2.23. The number of hydrogen-bond acceptors (Lipinski definition) is 6. The monoisotopic (exact) mass is 376 g/mol. The van der Waals surface area contributed by atoms with Gasteiger partial charge >= 0.3 is 6.01 Å². The highest BCUT2D eigenvalue weighted by atomic mass is 79.9. The van der Waals surface area contributed by atoms with Crippen LogP contribution in [0.1, 0.15) is 18.7 Å². The average molecular weight is 378 g/mol. The van der Waals surface area contributed by atoms with Gasteiger partial charge in [0.1, 0.15) is 0 Å². The Morgan fingerprint density at radius 2 is 2.15 bits per heavy atom. The Bertz CT molecular complexity index is 593. The van der Waals surface area contributed by atoms with Gasteiger partial charge in [0, 0.05) is 21.8 Å². The second-order valence-electron chi connectivity index (χ2n) is 4.44. The third-order valence-corrected chi connectivity index (χ3v) is 4.12. The van der Waals surface area contributed by atoms with E-state index in [1.807, 2.05) is 31.2 Å². The van der Waals surface area contributed by atoms with Crippen LogP contribution in [0.15, 0.2) is 15.9 Å². The first-order valence-electron chi connectivity index (χ1n) is 5.96. The molecule has 0 radical (unpaired) electrons. The number of thiophene rings is 1. The lowest BCUT2D eigenvalue weighted by molar-refractivity contribution is 0.221. The van der Waals surface area contributed by atoms with Crippen LogP contribution in [0.3, 0.4) is 0 Å². The summed E-state index contributed by atoms with van der Waals surface area (Å²) >= 11 is 11.0. The van der Waals surface area contributed by atoms with Gasteiger partial charge in [-0.25, -0.2) is 0 Å². The van der Waals surface area contributed by atoms with Crippen molar-refractivity contribution >= 4 is 44.8 Å². The van der Waals surface area contributed by atoms with Gasteiger partial charge in [0.25, 0.3) is 0 Å². The van der Waals surface area contributed by atoms with Crippen molar-refractivity contribution in [1.82, 2.24) is 15.0 Å². The molecule has 2 heterocycles. The summed E-state index contributed by atoms with van der Waals surface area (Å²) in [5.41, 5.74) is 0. The molecular weight excluding hydrogens is 364 g/mol. The Kier molecular flexibility index (Phi) is 5.17. The summed E-state index contributed by atoms with van der Waals surface area (Å²) in [4.78, 5) is 15.4. The standard InChI is InChI=1S/C12H14BrClN4OS/c1-7(2)19-12-16-10(14)15-11(17-12)18(3)5-9-4-8(13)6-20-9/h4,6-7H,5H2,1-3H3. The Balaban J connectivity index is 2.16. The molecule has 0 N–H and O–H groups in total. The molecule has 0 fully saturated rings. The zero-order valence-corrected chi connectivity index (χ0v) is 14.5. The lowest BCUT2D eigenvalue weighted by Gasteiger charge is -2.17. The van der Waals surface area contributed by atoms with E-state index in [-0.39, 0.29) is 17.4 Å². The number of halogens is 2. The lowest BCUT2D eigenvalue weighted by Crippen LogP contribution is -2.20. The fourth-order valence-corrected chi connectivity index (χ4v) is 3.15. The number of nitrogens with zero attached hydrogens (tertiary/aromatic N) is 4. The van der Waals surface area contributed by atoms with Crippen molar-refractivity contribution in [3.05, 3.63) is 26.1 Å². The van der Waals surface area contributed by atoms with E-state index in [1.165, 1.54) is 4.88 Å². The molecule has 0 aliphatic heterocycles. The van der Waals surface area contributed by atoms with Gasteiger partial charge in [0.05, 0.1) is 12.6 Å². The number of rotatable bonds is 5. The predicted molar refractivity (Wildman–Crippen MR) is 84.7 cm³/mol. The minimum absolute atomic E-state index is 0.0140. The van der Waals surface area contributed by atoms with Crippen molar-refractivity contribution in [3.63, 3.8) is 0 Å². The summed E-state index contributed by atoms with van der Waals surface area (Å²) in [6.45, 7) is 4.51. The van der Waals surface area contributed by atoms with Crippen molar-refractivity contribution in [2.24, 2.45) is 0 Å². The van der Waals surface area contributed by atoms with Crippen molar-refractivity contribution in [1.29, 1.82) is 0 Å². The van der Waals surface area contributed by atoms with E-state index in [2.05, 4.69) is 36.9 Å². The molecular formula is C12H14BrClN4OS. The summed E-state index contributed by atoms with van der Waals surface area (Å²) in [6.07, 6.45) is -0.0140. The molecule has 0 spiro atoms. The van der Waals surface area contributed by atoms with E-state index in [0.717, 1.165) is 4.47 Å². The molecule has 108 valence electrons. The minimum atomic E-state index is -0.0140. The van der Waals surface area contributed by atoms with Crippen molar-refractivity contribution in [3.8, 4) is 6.01 Å². The van der Waals surface area contributed by atoms with Gasteiger partial charge in [-0.05, 0) is 47.4 Å². The van der Waals surface area contributed by atoms with Gasteiger partial charge in [0.2, 0.25) is 11.2 Å². The van der Waals surface area contributed by atoms with Crippen LogP contribution in [0.5, 0.6) is 6.01 Å². The van der Waals surface area contributed by atoms with Gasteiger partial charge in [0.15, 0.2) is 0 Å². The molecule has 0 atom stereocenters. The zero-order valence-electron chi connectivity index (χ0n) is 11.3. The highest BCUT2D eigenvalue weighted by molar-refractivity contribution is 9.10. The topological polar surface area (TPSA) is 51.1 Å². The van der Waals surface area contributed by atoms with Crippen LogP contribution >= 0.6 is 38.9 Å². The van der Waals surface area contributed by atoms with Gasteiger partial charge in [-0.2, -0.15) is 15.0 Å². The maximum atomic E-state index is 5.91. The van der Waals surface area contributed by atoms with Crippen LogP contribution in [0, 0.1) is 0 Å².